The number of benzene rings is 1. The molecule has 0 aliphatic carbocycles. The minimum Gasteiger partial charge on any atom is -0.494 e. The molecule has 0 aliphatic rings. The van der Waals surface area contributed by atoms with E-state index in [-0.39, 0.29) is 22.3 Å². The van der Waals surface area contributed by atoms with E-state index in [0.29, 0.717) is 5.56 Å². The van der Waals surface area contributed by atoms with Gasteiger partial charge < -0.3 is 9.84 Å². The van der Waals surface area contributed by atoms with Gasteiger partial charge in [-0.1, -0.05) is 11.6 Å². The smallest absolute Gasteiger partial charge is 0.179 e. The number of methoxy groups -OCH3 is 1. The first-order chi connectivity index (χ1) is 6.90. The second-order valence-corrected chi connectivity index (χ2v) is 5.43. The van der Waals surface area contributed by atoms with Gasteiger partial charge in [0.05, 0.1) is 18.7 Å². The fourth-order valence-electron chi connectivity index (χ4n) is 1.19. The van der Waals surface area contributed by atoms with Crippen LogP contribution in [0.15, 0.2) is 17.0 Å². The predicted octanol–water partition coefficient (Wildman–Crippen LogP) is 1.24. The molecule has 0 bridgehead atoms. The summed E-state index contributed by atoms with van der Waals surface area (Å²) < 4.78 is 27.7. The summed E-state index contributed by atoms with van der Waals surface area (Å²) in [6.45, 7) is -0.272. The predicted molar refractivity (Wildman–Crippen MR) is 57.0 cm³/mol. The Balaban J connectivity index is 3.53. The maximum Gasteiger partial charge on any atom is 0.179 e. The molecule has 0 fully saturated rings. The zero-order valence-electron chi connectivity index (χ0n) is 8.32. The summed E-state index contributed by atoms with van der Waals surface area (Å²) in [7, 11) is -2.08. The van der Waals surface area contributed by atoms with Crippen molar-refractivity contribution in [2.75, 3.05) is 13.4 Å². The van der Waals surface area contributed by atoms with Gasteiger partial charge in [0.25, 0.3) is 0 Å². The van der Waals surface area contributed by atoms with Crippen LogP contribution >= 0.6 is 11.6 Å². The molecule has 1 aromatic rings. The Kier molecular flexibility index (Phi) is 3.59. The van der Waals surface area contributed by atoms with Gasteiger partial charge in [-0.15, -0.1) is 0 Å². The average Bonchev–Trinajstić information content (AvgIpc) is 2.15. The Hall–Kier alpha value is -0.780. The molecule has 4 nitrogen and oxygen atoms in total. The molecule has 1 rings (SSSR count). The highest BCUT2D eigenvalue weighted by Crippen LogP contribution is 2.33. The maximum absolute atomic E-state index is 11.4. The second-order valence-electron chi connectivity index (χ2n) is 3.04. The summed E-state index contributed by atoms with van der Waals surface area (Å²) in [5.74, 6) is 0.108. The second kappa shape index (κ2) is 4.38. The molecule has 0 aromatic heterocycles. The highest BCUT2D eigenvalue weighted by molar-refractivity contribution is 7.90. The first-order valence-electron chi connectivity index (χ1n) is 4.07. The molecule has 15 heavy (non-hydrogen) atoms. The summed E-state index contributed by atoms with van der Waals surface area (Å²) in [4.78, 5) is -0.0125. The molecule has 0 heterocycles. The summed E-state index contributed by atoms with van der Waals surface area (Å²) in [5, 5.41) is 9.09. The van der Waals surface area contributed by atoms with Crippen LogP contribution < -0.4 is 4.74 Å². The zero-order valence-corrected chi connectivity index (χ0v) is 9.89. The van der Waals surface area contributed by atoms with Crippen LogP contribution in [0.2, 0.25) is 5.02 Å². The van der Waals surface area contributed by atoms with E-state index in [4.69, 9.17) is 21.4 Å². The molecular formula is C9H11ClO4S. The maximum atomic E-state index is 11.4. The van der Waals surface area contributed by atoms with Crippen LogP contribution in [0, 0.1) is 0 Å². The van der Waals surface area contributed by atoms with E-state index < -0.39 is 9.84 Å². The van der Waals surface area contributed by atoms with E-state index >= 15 is 0 Å². The standard InChI is InChI=1S/C9H11ClO4S/c1-14-9-7(10)3-6(5-11)4-8(9)15(2,12)13/h3-4,11H,5H2,1-2H3. The van der Waals surface area contributed by atoms with Crippen molar-refractivity contribution >= 4 is 21.4 Å². The molecular weight excluding hydrogens is 240 g/mol. The lowest BCUT2D eigenvalue weighted by Crippen LogP contribution is -2.02. The van der Waals surface area contributed by atoms with Crippen LogP contribution in [0.3, 0.4) is 0 Å². The van der Waals surface area contributed by atoms with Crippen molar-refractivity contribution in [2.45, 2.75) is 11.5 Å². The van der Waals surface area contributed by atoms with Gasteiger partial charge in [-0.3, -0.25) is 0 Å². The third kappa shape index (κ3) is 2.62. The third-order valence-electron chi connectivity index (χ3n) is 1.86. The molecule has 0 spiro atoms. The number of hydrogen-bond donors (Lipinski definition) is 1. The van der Waals surface area contributed by atoms with Crippen molar-refractivity contribution in [2.24, 2.45) is 0 Å². The zero-order chi connectivity index (χ0) is 11.6. The first kappa shape index (κ1) is 12.3. The van der Waals surface area contributed by atoms with Gasteiger partial charge in [-0.25, -0.2) is 8.42 Å². The highest BCUT2D eigenvalue weighted by Gasteiger charge is 2.18. The Bertz CT molecular complexity index is 467. The first-order valence-corrected chi connectivity index (χ1v) is 6.34. The van der Waals surface area contributed by atoms with E-state index in [2.05, 4.69) is 0 Å². The minimum absolute atomic E-state index is 0.0125. The number of rotatable bonds is 3. The van der Waals surface area contributed by atoms with Crippen LogP contribution in [0.4, 0.5) is 0 Å². The molecule has 0 amide bonds. The SMILES string of the molecule is COc1c(Cl)cc(CO)cc1S(C)(=O)=O. The van der Waals surface area contributed by atoms with Crippen LogP contribution in [-0.4, -0.2) is 26.9 Å². The molecule has 6 heteroatoms. The Morgan fingerprint density at radius 1 is 1.47 bits per heavy atom. The van der Waals surface area contributed by atoms with Gasteiger partial charge in [-0.05, 0) is 17.7 Å². The van der Waals surface area contributed by atoms with Gasteiger partial charge in [0.2, 0.25) is 0 Å². The van der Waals surface area contributed by atoms with Crippen molar-refractivity contribution in [3.63, 3.8) is 0 Å². The molecule has 0 unspecified atom stereocenters. The van der Waals surface area contributed by atoms with Crippen LogP contribution in [0.25, 0.3) is 0 Å². The number of aliphatic hydroxyl groups is 1. The molecule has 0 atom stereocenters. The number of hydrogen-bond acceptors (Lipinski definition) is 4. The monoisotopic (exact) mass is 250 g/mol. The fourth-order valence-corrected chi connectivity index (χ4v) is 2.46. The van der Waals surface area contributed by atoms with E-state index in [1.807, 2.05) is 0 Å². The van der Waals surface area contributed by atoms with Gasteiger partial charge in [0, 0.05) is 6.26 Å². The number of sulfone groups is 1. The van der Waals surface area contributed by atoms with E-state index in [9.17, 15) is 8.42 Å². The lowest BCUT2D eigenvalue weighted by Gasteiger charge is -2.10. The van der Waals surface area contributed by atoms with Crippen molar-refractivity contribution in [1.29, 1.82) is 0 Å². The topological polar surface area (TPSA) is 63.6 Å². The molecule has 84 valence electrons. The quantitative estimate of drug-likeness (QED) is 0.877. The Labute approximate surface area is 93.4 Å². The van der Waals surface area contributed by atoms with Gasteiger partial charge >= 0.3 is 0 Å². The fraction of sp³-hybridized carbons (Fsp3) is 0.333. The number of halogens is 1. The number of ether oxygens (including phenoxy) is 1. The molecule has 1 N–H and O–H groups in total. The third-order valence-corrected chi connectivity index (χ3v) is 3.24. The van der Waals surface area contributed by atoms with Gasteiger partial charge in [-0.2, -0.15) is 0 Å². The normalized spacial score (nSPS) is 11.5. The molecule has 1 aromatic carbocycles. The van der Waals surface area contributed by atoms with Crippen molar-refractivity contribution < 1.29 is 18.3 Å². The Morgan fingerprint density at radius 2 is 2.07 bits per heavy atom. The van der Waals surface area contributed by atoms with Crippen molar-refractivity contribution in [3.05, 3.63) is 22.7 Å². The van der Waals surface area contributed by atoms with Gasteiger partial charge in [0.15, 0.2) is 15.6 Å². The van der Waals surface area contributed by atoms with Crippen LogP contribution in [-0.2, 0) is 16.4 Å². The van der Waals surface area contributed by atoms with E-state index in [1.54, 1.807) is 0 Å². The molecule has 0 saturated heterocycles. The molecule has 0 saturated carbocycles. The van der Waals surface area contributed by atoms with Crippen molar-refractivity contribution in [1.82, 2.24) is 0 Å². The van der Waals surface area contributed by atoms with Crippen LogP contribution in [0.5, 0.6) is 5.75 Å². The summed E-state index contributed by atoms with van der Waals surface area (Å²) in [6, 6.07) is 2.81. The summed E-state index contributed by atoms with van der Waals surface area (Å²) >= 11 is 5.82. The van der Waals surface area contributed by atoms with Gasteiger partial charge in [0.1, 0.15) is 4.90 Å². The lowest BCUT2D eigenvalue weighted by atomic mass is 10.2. The molecule has 0 radical (unpaired) electrons. The van der Waals surface area contributed by atoms with E-state index in [1.165, 1.54) is 19.2 Å². The number of aliphatic hydroxyl groups excluding tert-OH is 1. The average molecular weight is 251 g/mol. The summed E-state index contributed by atoms with van der Waals surface area (Å²) in [6.07, 6.45) is 1.06. The largest absolute Gasteiger partial charge is 0.494 e. The summed E-state index contributed by atoms with van der Waals surface area (Å²) in [5.41, 5.74) is 0.432. The lowest BCUT2D eigenvalue weighted by molar-refractivity contribution is 0.281. The highest BCUT2D eigenvalue weighted by atomic mass is 35.5. The van der Waals surface area contributed by atoms with Crippen LogP contribution in [0.1, 0.15) is 5.56 Å². The Morgan fingerprint density at radius 3 is 2.47 bits per heavy atom. The van der Waals surface area contributed by atoms with E-state index in [0.717, 1.165) is 6.26 Å². The van der Waals surface area contributed by atoms with Crippen molar-refractivity contribution in [3.8, 4) is 5.75 Å². The molecule has 0 aliphatic heterocycles. The minimum atomic E-state index is -3.42.